The highest BCUT2D eigenvalue weighted by molar-refractivity contribution is 7.16. The van der Waals surface area contributed by atoms with Gasteiger partial charge < -0.3 is 4.90 Å². The van der Waals surface area contributed by atoms with Gasteiger partial charge in [-0.2, -0.15) is 4.98 Å². The molecular formula is C12H17N5S. The van der Waals surface area contributed by atoms with Crippen molar-refractivity contribution < 1.29 is 0 Å². The van der Waals surface area contributed by atoms with E-state index in [0.29, 0.717) is 12.0 Å². The Morgan fingerprint density at radius 1 is 1.39 bits per heavy atom. The Balaban J connectivity index is 2.05. The van der Waals surface area contributed by atoms with Crippen molar-refractivity contribution in [1.29, 1.82) is 0 Å². The highest BCUT2D eigenvalue weighted by Gasteiger charge is 2.23. The Bertz CT molecular complexity index is 546. The standard InChI is InChI=1S/C12H17N5S/c1-17(8-4-2-3-5-8)10-9-6-7-18-11(9)15-12(14-10)16-13/h6-8H,2-5,13H2,1H3,(H,14,15,16). The van der Waals surface area contributed by atoms with Crippen molar-refractivity contribution in [2.75, 3.05) is 17.4 Å². The summed E-state index contributed by atoms with van der Waals surface area (Å²) in [6, 6.07) is 2.68. The lowest BCUT2D eigenvalue weighted by Gasteiger charge is -2.26. The van der Waals surface area contributed by atoms with Crippen molar-refractivity contribution in [3.05, 3.63) is 11.4 Å². The third-order valence-electron chi connectivity index (χ3n) is 3.64. The topological polar surface area (TPSA) is 67.1 Å². The summed E-state index contributed by atoms with van der Waals surface area (Å²) in [5.74, 6) is 6.92. The van der Waals surface area contributed by atoms with Crippen LogP contribution in [-0.2, 0) is 0 Å². The molecule has 0 amide bonds. The number of fused-ring (bicyclic) bond motifs is 1. The second-order valence-electron chi connectivity index (χ2n) is 4.70. The average molecular weight is 263 g/mol. The molecule has 0 unspecified atom stereocenters. The molecule has 3 rings (SSSR count). The van der Waals surface area contributed by atoms with Crippen LogP contribution in [0.3, 0.4) is 0 Å². The lowest BCUT2D eigenvalue weighted by atomic mass is 10.2. The van der Waals surface area contributed by atoms with E-state index in [4.69, 9.17) is 5.84 Å². The van der Waals surface area contributed by atoms with E-state index in [1.807, 2.05) is 5.38 Å². The van der Waals surface area contributed by atoms with Crippen LogP contribution in [0.2, 0.25) is 0 Å². The SMILES string of the molecule is CN(c1nc(NN)nc2sccc12)C1CCCC1. The van der Waals surface area contributed by atoms with Crippen LogP contribution in [0.25, 0.3) is 10.2 Å². The molecule has 2 aromatic rings. The van der Waals surface area contributed by atoms with Gasteiger partial charge in [0.15, 0.2) is 0 Å². The minimum Gasteiger partial charge on any atom is -0.356 e. The zero-order chi connectivity index (χ0) is 12.5. The maximum absolute atomic E-state index is 5.44. The first-order chi connectivity index (χ1) is 8.79. The van der Waals surface area contributed by atoms with Crippen molar-refractivity contribution in [2.45, 2.75) is 31.7 Å². The third kappa shape index (κ3) is 1.91. The molecular weight excluding hydrogens is 246 g/mol. The predicted octanol–water partition coefficient (Wildman–Crippen LogP) is 2.36. The van der Waals surface area contributed by atoms with Crippen LogP contribution in [0.1, 0.15) is 25.7 Å². The van der Waals surface area contributed by atoms with Crippen molar-refractivity contribution >= 4 is 33.3 Å². The Kier molecular flexibility index (Phi) is 3.05. The normalized spacial score (nSPS) is 16.3. The fourth-order valence-electron chi connectivity index (χ4n) is 2.64. The summed E-state index contributed by atoms with van der Waals surface area (Å²) in [6.07, 6.45) is 5.12. The van der Waals surface area contributed by atoms with Gasteiger partial charge in [-0.1, -0.05) is 12.8 Å². The van der Waals surface area contributed by atoms with Crippen molar-refractivity contribution in [2.24, 2.45) is 5.84 Å². The number of nitrogens with zero attached hydrogens (tertiary/aromatic N) is 3. The molecule has 96 valence electrons. The number of nitrogens with one attached hydrogen (secondary N) is 1. The molecule has 0 radical (unpaired) electrons. The molecule has 0 aliphatic heterocycles. The number of hydrogen-bond acceptors (Lipinski definition) is 6. The zero-order valence-electron chi connectivity index (χ0n) is 10.4. The molecule has 2 aromatic heterocycles. The van der Waals surface area contributed by atoms with Crippen LogP contribution in [0.15, 0.2) is 11.4 Å². The summed E-state index contributed by atoms with van der Waals surface area (Å²) in [5, 5.41) is 3.17. The predicted molar refractivity (Wildman–Crippen MR) is 75.9 cm³/mol. The monoisotopic (exact) mass is 263 g/mol. The molecule has 1 aliphatic rings. The van der Waals surface area contributed by atoms with Crippen LogP contribution in [-0.4, -0.2) is 23.1 Å². The second-order valence-corrected chi connectivity index (χ2v) is 5.60. The van der Waals surface area contributed by atoms with Gasteiger partial charge in [-0.3, -0.25) is 5.43 Å². The van der Waals surface area contributed by atoms with E-state index in [1.165, 1.54) is 25.7 Å². The zero-order valence-corrected chi connectivity index (χ0v) is 11.2. The summed E-state index contributed by atoms with van der Waals surface area (Å²) in [7, 11) is 2.12. The molecule has 0 spiro atoms. The summed E-state index contributed by atoms with van der Waals surface area (Å²) in [6.45, 7) is 0. The first-order valence-corrected chi connectivity index (χ1v) is 7.12. The maximum Gasteiger partial charge on any atom is 0.240 e. The van der Waals surface area contributed by atoms with Crippen molar-refractivity contribution in [3.8, 4) is 0 Å². The number of rotatable bonds is 3. The maximum atomic E-state index is 5.44. The van der Waals surface area contributed by atoms with Gasteiger partial charge in [0.1, 0.15) is 10.6 Å². The minimum absolute atomic E-state index is 0.491. The van der Waals surface area contributed by atoms with E-state index in [0.717, 1.165) is 16.0 Å². The number of aromatic nitrogens is 2. The van der Waals surface area contributed by atoms with Crippen LogP contribution in [0.4, 0.5) is 11.8 Å². The fraction of sp³-hybridized carbons (Fsp3) is 0.500. The van der Waals surface area contributed by atoms with Gasteiger partial charge in [-0.15, -0.1) is 11.3 Å². The fourth-order valence-corrected chi connectivity index (χ4v) is 3.40. The van der Waals surface area contributed by atoms with E-state index in [9.17, 15) is 0 Å². The Hall–Kier alpha value is -1.40. The van der Waals surface area contributed by atoms with Gasteiger partial charge in [0, 0.05) is 13.1 Å². The van der Waals surface area contributed by atoms with E-state index < -0.39 is 0 Å². The first kappa shape index (κ1) is 11.7. The number of thiophene rings is 1. The molecule has 0 aromatic carbocycles. The van der Waals surface area contributed by atoms with Crippen LogP contribution in [0.5, 0.6) is 0 Å². The smallest absolute Gasteiger partial charge is 0.240 e. The quantitative estimate of drug-likeness (QED) is 0.657. The summed E-state index contributed by atoms with van der Waals surface area (Å²) in [5.41, 5.74) is 2.55. The van der Waals surface area contributed by atoms with E-state index in [1.54, 1.807) is 11.3 Å². The molecule has 6 heteroatoms. The molecule has 0 saturated heterocycles. The number of hydrazine groups is 1. The van der Waals surface area contributed by atoms with Crippen molar-refractivity contribution in [1.82, 2.24) is 9.97 Å². The molecule has 3 N–H and O–H groups in total. The Morgan fingerprint density at radius 2 is 2.17 bits per heavy atom. The largest absolute Gasteiger partial charge is 0.356 e. The number of hydrogen-bond donors (Lipinski definition) is 2. The van der Waals surface area contributed by atoms with Crippen LogP contribution in [0, 0.1) is 0 Å². The van der Waals surface area contributed by atoms with Gasteiger partial charge in [-0.25, -0.2) is 10.8 Å². The number of anilines is 2. The Morgan fingerprint density at radius 3 is 2.89 bits per heavy atom. The van der Waals surface area contributed by atoms with Crippen LogP contribution < -0.4 is 16.2 Å². The average Bonchev–Trinajstić information content (AvgIpc) is 3.07. The van der Waals surface area contributed by atoms with Gasteiger partial charge in [0.2, 0.25) is 5.95 Å². The highest BCUT2D eigenvalue weighted by Crippen LogP contribution is 2.32. The number of nitrogen functional groups attached to an aromatic ring is 1. The second kappa shape index (κ2) is 4.70. The molecule has 0 atom stereocenters. The van der Waals surface area contributed by atoms with E-state index >= 15 is 0 Å². The van der Waals surface area contributed by atoms with Gasteiger partial charge in [0.25, 0.3) is 0 Å². The lowest BCUT2D eigenvalue weighted by Crippen LogP contribution is -2.30. The van der Waals surface area contributed by atoms with E-state index in [2.05, 4.69) is 33.4 Å². The van der Waals surface area contributed by atoms with Gasteiger partial charge in [-0.05, 0) is 24.3 Å². The molecule has 1 fully saturated rings. The third-order valence-corrected chi connectivity index (χ3v) is 4.45. The van der Waals surface area contributed by atoms with Gasteiger partial charge in [0.05, 0.1) is 5.39 Å². The highest BCUT2D eigenvalue weighted by atomic mass is 32.1. The summed E-state index contributed by atoms with van der Waals surface area (Å²) >= 11 is 1.62. The molecule has 0 bridgehead atoms. The molecule has 18 heavy (non-hydrogen) atoms. The van der Waals surface area contributed by atoms with Crippen LogP contribution >= 0.6 is 11.3 Å². The lowest BCUT2D eigenvalue weighted by molar-refractivity contribution is 0.648. The Labute approximate surface area is 110 Å². The molecule has 5 nitrogen and oxygen atoms in total. The van der Waals surface area contributed by atoms with Gasteiger partial charge >= 0.3 is 0 Å². The first-order valence-electron chi connectivity index (χ1n) is 6.24. The molecule has 2 heterocycles. The summed E-state index contributed by atoms with van der Waals surface area (Å²) < 4.78 is 0. The molecule has 1 saturated carbocycles. The van der Waals surface area contributed by atoms with E-state index in [-0.39, 0.29) is 0 Å². The number of nitrogens with two attached hydrogens (primary N) is 1. The molecule has 1 aliphatic carbocycles. The van der Waals surface area contributed by atoms with Crippen molar-refractivity contribution in [3.63, 3.8) is 0 Å². The summed E-state index contributed by atoms with van der Waals surface area (Å²) in [4.78, 5) is 12.2. The minimum atomic E-state index is 0.491.